The molecule has 2 aromatic carbocycles. The molecule has 2 rings (SSSR count). The van der Waals surface area contributed by atoms with Gasteiger partial charge in [0.05, 0.1) is 25.0 Å². The number of hydrogen-bond acceptors (Lipinski definition) is 4. The molecule has 0 spiro atoms. The molecule has 1 atom stereocenters. The molecule has 7 heteroatoms. The molecule has 0 heterocycles. The second-order valence-corrected chi connectivity index (χ2v) is 6.89. The number of anilines is 1. The van der Waals surface area contributed by atoms with Gasteiger partial charge in [0.15, 0.2) is 0 Å². The lowest BCUT2D eigenvalue weighted by atomic mass is 10.0. The van der Waals surface area contributed by atoms with E-state index in [2.05, 4.69) is 10.6 Å². The minimum absolute atomic E-state index is 0.145. The summed E-state index contributed by atoms with van der Waals surface area (Å²) in [5.41, 5.74) is 0.817. The van der Waals surface area contributed by atoms with Crippen LogP contribution in [0.25, 0.3) is 0 Å². The van der Waals surface area contributed by atoms with Crippen molar-refractivity contribution in [2.24, 2.45) is 5.92 Å². The number of halogens is 1. The topological polar surface area (TPSA) is 76.7 Å². The maximum atomic E-state index is 12.9. The molecule has 0 aliphatic rings. The van der Waals surface area contributed by atoms with Crippen molar-refractivity contribution in [2.75, 3.05) is 19.0 Å². The van der Waals surface area contributed by atoms with Gasteiger partial charge in [0.25, 0.3) is 5.91 Å². The Kier molecular flexibility index (Phi) is 7.70. The molecule has 28 heavy (non-hydrogen) atoms. The Labute approximate surface area is 170 Å². The van der Waals surface area contributed by atoms with E-state index in [1.807, 2.05) is 20.8 Å². The smallest absolute Gasteiger partial charge is 0.255 e. The maximum absolute atomic E-state index is 12.9. The SMILES string of the molecule is CCOc1ccccc1C(=O)N[C@@H](C(=O)Nc1cc(Cl)ccc1OC)C(C)C. The second-order valence-electron chi connectivity index (χ2n) is 6.46. The molecule has 0 aliphatic heterocycles. The first-order valence-electron chi connectivity index (χ1n) is 9.04. The number of hydrogen-bond donors (Lipinski definition) is 2. The summed E-state index contributed by atoms with van der Waals surface area (Å²) in [4.78, 5) is 25.6. The Morgan fingerprint density at radius 3 is 2.46 bits per heavy atom. The molecule has 0 saturated heterocycles. The molecule has 2 N–H and O–H groups in total. The summed E-state index contributed by atoms with van der Waals surface area (Å²) in [6.07, 6.45) is 0. The van der Waals surface area contributed by atoms with Gasteiger partial charge in [-0.15, -0.1) is 0 Å². The molecular weight excluding hydrogens is 380 g/mol. The van der Waals surface area contributed by atoms with Crippen molar-refractivity contribution in [3.8, 4) is 11.5 Å². The summed E-state index contributed by atoms with van der Waals surface area (Å²) in [5.74, 6) is 0.0670. The number of ether oxygens (including phenoxy) is 2. The van der Waals surface area contributed by atoms with Crippen molar-refractivity contribution in [2.45, 2.75) is 26.8 Å². The lowest BCUT2D eigenvalue weighted by Gasteiger charge is -2.23. The van der Waals surface area contributed by atoms with Gasteiger partial charge < -0.3 is 20.1 Å². The van der Waals surface area contributed by atoms with Gasteiger partial charge >= 0.3 is 0 Å². The third kappa shape index (κ3) is 5.39. The fraction of sp³-hybridized carbons (Fsp3) is 0.333. The third-order valence-corrected chi connectivity index (χ3v) is 4.32. The molecular formula is C21H25ClN2O4. The van der Waals surface area contributed by atoms with E-state index in [1.54, 1.807) is 42.5 Å². The highest BCUT2D eigenvalue weighted by atomic mass is 35.5. The van der Waals surface area contributed by atoms with Gasteiger partial charge in [-0.3, -0.25) is 9.59 Å². The fourth-order valence-corrected chi connectivity index (χ4v) is 2.85. The van der Waals surface area contributed by atoms with Gasteiger partial charge in [-0.25, -0.2) is 0 Å². The molecule has 0 fully saturated rings. The van der Waals surface area contributed by atoms with E-state index in [1.165, 1.54) is 7.11 Å². The number of benzene rings is 2. The minimum atomic E-state index is -0.758. The van der Waals surface area contributed by atoms with Gasteiger partial charge in [-0.2, -0.15) is 0 Å². The number of nitrogens with one attached hydrogen (secondary N) is 2. The zero-order chi connectivity index (χ0) is 20.7. The summed E-state index contributed by atoms with van der Waals surface area (Å²) in [5, 5.41) is 6.05. The average Bonchev–Trinajstić information content (AvgIpc) is 2.66. The predicted octanol–water partition coefficient (Wildman–Crippen LogP) is 4.14. The molecule has 150 valence electrons. The summed E-state index contributed by atoms with van der Waals surface area (Å²) in [6.45, 7) is 5.99. The molecule has 0 aliphatic carbocycles. The number of para-hydroxylation sites is 1. The van der Waals surface area contributed by atoms with Gasteiger partial charge in [-0.1, -0.05) is 37.6 Å². The third-order valence-electron chi connectivity index (χ3n) is 4.09. The quantitative estimate of drug-likeness (QED) is 0.693. The van der Waals surface area contributed by atoms with E-state index in [0.29, 0.717) is 34.4 Å². The summed E-state index contributed by atoms with van der Waals surface area (Å²) >= 11 is 6.02. The normalized spacial score (nSPS) is 11.6. The molecule has 2 amide bonds. The van der Waals surface area contributed by atoms with Crippen molar-refractivity contribution in [1.29, 1.82) is 0 Å². The highest BCUT2D eigenvalue weighted by molar-refractivity contribution is 6.31. The van der Waals surface area contributed by atoms with Gasteiger partial charge in [0.1, 0.15) is 17.5 Å². The first kappa shape index (κ1) is 21.6. The number of carbonyl (C=O) groups is 2. The first-order valence-corrected chi connectivity index (χ1v) is 9.42. The van der Waals surface area contributed by atoms with E-state index >= 15 is 0 Å². The maximum Gasteiger partial charge on any atom is 0.255 e. The van der Waals surface area contributed by atoms with Crippen LogP contribution in [0.3, 0.4) is 0 Å². The van der Waals surface area contributed by atoms with Crippen LogP contribution in [0, 0.1) is 5.92 Å². The van der Waals surface area contributed by atoms with Gasteiger partial charge in [-0.05, 0) is 43.2 Å². The Morgan fingerprint density at radius 2 is 1.82 bits per heavy atom. The van der Waals surface area contributed by atoms with Crippen molar-refractivity contribution in [3.63, 3.8) is 0 Å². The lowest BCUT2D eigenvalue weighted by Crippen LogP contribution is -2.47. The van der Waals surface area contributed by atoms with Crippen LogP contribution in [-0.2, 0) is 4.79 Å². The first-order chi connectivity index (χ1) is 13.4. The standard InChI is InChI=1S/C21H25ClN2O4/c1-5-28-17-9-7-6-8-15(17)20(25)24-19(13(2)3)21(26)23-16-12-14(22)10-11-18(16)27-4/h6-13,19H,5H2,1-4H3,(H,23,26)(H,24,25)/t19-/m1/s1. The van der Waals surface area contributed by atoms with Crippen LogP contribution >= 0.6 is 11.6 Å². The van der Waals surface area contributed by atoms with Crippen LogP contribution in [0.4, 0.5) is 5.69 Å². The van der Waals surface area contributed by atoms with E-state index in [0.717, 1.165) is 0 Å². The molecule has 0 radical (unpaired) electrons. The van der Waals surface area contributed by atoms with Crippen LogP contribution in [0.1, 0.15) is 31.1 Å². The number of rotatable bonds is 8. The zero-order valence-electron chi connectivity index (χ0n) is 16.4. The van der Waals surface area contributed by atoms with Crippen LogP contribution in [0.5, 0.6) is 11.5 Å². The Bertz CT molecular complexity index is 839. The molecule has 0 aromatic heterocycles. The minimum Gasteiger partial charge on any atom is -0.495 e. The fourth-order valence-electron chi connectivity index (χ4n) is 2.68. The summed E-state index contributed by atoms with van der Waals surface area (Å²) < 4.78 is 10.8. The summed E-state index contributed by atoms with van der Waals surface area (Å²) in [7, 11) is 1.51. The average molecular weight is 405 g/mol. The van der Waals surface area contributed by atoms with Crippen LogP contribution in [0.2, 0.25) is 5.02 Å². The van der Waals surface area contributed by atoms with Crippen LogP contribution in [0.15, 0.2) is 42.5 Å². The largest absolute Gasteiger partial charge is 0.495 e. The van der Waals surface area contributed by atoms with E-state index in [4.69, 9.17) is 21.1 Å². The van der Waals surface area contributed by atoms with Crippen molar-refractivity contribution in [3.05, 3.63) is 53.1 Å². The van der Waals surface area contributed by atoms with Gasteiger partial charge in [0.2, 0.25) is 5.91 Å². The van der Waals surface area contributed by atoms with Crippen LogP contribution < -0.4 is 20.1 Å². The Balaban J connectivity index is 2.21. The van der Waals surface area contributed by atoms with Crippen molar-refractivity contribution < 1.29 is 19.1 Å². The number of methoxy groups -OCH3 is 1. The van der Waals surface area contributed by atoms with E-state index in [9.17, 15) is 9.59 Å². The van der Waals surface area contributed by atoms with E-state index in [-0.39, 0.29) is 17.7 Å². The second kappa shape index (κ2) is 9.99. The van der Waals surface area contributed by atoms with Crippen molar-refractivity contribution in [1.82, 2.24) is 5.32 Å². The Hall–Kier alpha value is -2.73. The van der Waals surface area contributed by atoms with Gasteiger partial charge in [0, 0.05) is 5.02 Å². The molecule has 6 nitrogen and oxygen atoms in total. The molecule has 2 aromatic rings. The lowest BCUT2D eigenvalue weighted by molar-refractivity contribution is -0.118. The summed E-state index contributed by atoms with van der Waals surface area (Å²) in [6, 6.07) is 11.1. The molecule has 0 saturated carbocycles. The highest BCUT2D eigenvalue weighted by Gasteiger charge is 2.26. The highest BCUT2D eigenvalue weighted by Crippen LogP contribution is 2.28. The van der Waals surface area contributed by atoms with Crippen molar-refractivity contribution >= 4 is 29.1 Å². The molecule has 0 bridgehead atoms. The van der Waals surface area contributed by atoms with Crippen LogP contribution in [-0.4, -0.2) is 31.6 Å². The molecule has 0 unspecified atom stereocenters. The predicted molar refractivity (Wildman–Crippen MR) is 110 cm³/mol. The zero-order valence-corrected chi connectivity index (χ0v) is 17.2. The number of carbonyl (C=O) groups excluding carboxylic acids is 2. The Morgan fingerprint density at radius 1 is 1.11 bits per heavy atom. The van der Waals surface area contributed by atoms with E-state index < -0.39 is 6.04 Å². The number of amides is 2. The monoisotopic (exact) mass is 404 g/mol.